The van der Waals surface area contributed by atoms with Crippen LogP contribution in [0.1, 0.15) is 15.9 Å². The van der Waals surface area contributed by atoms with E-state index >= 15 is 0 Å². The minimum absolute atomic E-state index is 0.158. The number of hydrogen-bond acceptors (Lipinski definition) is 4. The standard InChI is InChI=1S/C25H23ClN2O3S/c1-27(2)25(30)23-15-28(21-5-3-4-6-22(21)31-23)24(29)18-9-7-17(8-10-18)16-32-20-13-11-19(26)12-14-20/h3-14,23H,15-16H2,1-2H3/t23-/m1/s1. The molecule has 2 amide bonds. The van der Waals surface area contributed by atoms with Gasteiger partial charge in [-0.15, -0.1) is 11.8 Å². The number of halogens is 1. The number of carbonyl (C=O) groups excluding carboxylic acids is 2. The third-order valence-corrected chi connectivity index (χ3v) is 6.49. The Hall–Kier alpha value is -2.96. The summed E-state index contributed by atoms with van der Waals surface area (Å²) in [5.41, 5.74) is 2.35. The molecular weight excluding hydrogens is 444 g/mol. The van der Waals surface area contributed by atoms with Crippen molar-refractivity contribution in [1.29, 1.82) is 0 Å². The molecule has 7 heteroatoms. The molecule has 1 aliphatic rings. The van der Waals surface area contributed by atoms with Gasteiger partial charge in [-0.3, -0.25) is 9.59 Å². The van der Waals surface area contributed by atoms with E-state index in [0.717, 1.165) is 21.2 Å². The summed E-state index contributed by atoms with van der Waals surface area (Å²) in [6.07, 6.45) is -0.737. The number of amides is 2. The Bertz CT molecular complexity index is 1120. The van der Waals surface area contributed by atoms with Crippen LogP contribution in [0.4, 0.5) is 5.69 Å². The van der Waals surface area contributed by atoms with Gasteiger partial charge < -0.3 is 14.5 Å². The smallest absolute Gasteiger partial charge is 0.265 e. The van der Waals surface area contributed by atoms with Gasteiger partial charge in [0.25, 0.3) is 11.8 Å². The average molecular weight is 467 g/mol. The minimum atomic E-state index is -0.737. The van der Waals surface area contributed by atoms with Crippen LogP contribution >= 0.6 is 23.4 Å². The molecule has 0 saturated carbocycles. The molecule has 0 fully saturated rings. The van der Waals surface area contributed by atoms with Gasteiger partial charge in [-0.1, -0.05) is 35.9 Å². The normalized spacial score (nSPS) is 15.0. The maximum Gasteiger partial charge on any atom is 0.265 e. The third-order valence-electron chi connectivity index (χ3n) is 5.16. The van der Waals surface area contributed by atoms with E-state index < -0.39 is 6.10 Å². The second kappa shape index (κ2) is 9.67. The molecule has 0 saturated heterocycles. The maximum atomic E-state index is 13.4. The number of thioether (sulfide) groups is 1. The van der Waals surface area contributed by atoms with Crippen molar-refractivity contribution in [2.24, 2.45) is 0 Å². The fourth-order valence-electron chi connectivity index (χ4n) is 3.44. The van der Waals surface area contributed by atoms with Crippen molar-refractivity contribution >= 4 is 40.9 Å². The molecule has 0 radical (unpaired) electrons. The van der Waals surface area contributed by atoms with Crippen molar-refractivity contribution in [2.75, 3.05) is 25.5 Å². The summed E-state index contributed by atoms with van der Waals surface area (Å²) in [5.74, 6) is 0.986. The summed E-state index contributed by atoms with van der Waals surface area (Å²) in [7, 11) is 3.36. The number of carbonyl (C=O) groups is 2. The lowest BCUT2D eigenvalue weighted by Gasteiger charge is -2.35. The van der Waals surface area contributed by atoms with Gasteiger partial charge in [-0.2, -0.15) is 0 Å². The van der Waals surface area contributed by atoms with Crippen LogP contribution in [-0.4, -0.2) is 43.5 Å². The van der Waals surface area contributed by atoms with Crippen LogP contribution in [0.3, 0.4) is 0 Å². The highest BCUT2D eigenvalue weighted by atomic mass is 35.5. The van der Waals surface area contributed by atoms with E-state index in [1.807, 2.05) is 66.7 Å². The van der Waals surface area contributed by atoms with Crippen LogP contribution in [-0.2, 0) is 10.5 Å². The Kier molecular flexibility index (Phi) is 6.72. The number of ether oxygens (including phenoxy) is 1. The van der Waals surface area contributed by atoms with Crippen molar-refractivity contribution < 1.29 is 14.3 Å². The van der Waals surface area contributed by atoms with Crippen LogP contribution in [0.15, 0.2) is 77.7 Å². The van der Waals surface area contributed by atoms with Crippen molar-refractivity contribution in [3.05, 3.63) is 88.9 Å². The number of rotatable bonds is 5. The number of nitrogens with zero attached hydrogens (tertiary/aromatic N) is 2. The van der Waals surface area contributed by atoms with E-state index in [1.54, 1.807) is 36.8 Å². The topological polar surface area (TPSA) is 49.9 Å². The predicted molar refractivity (Wildman–Crippen MR) is 129 cm³/mol. The molecule has 164 valence electrons. The monoisotopic (exact) mass is 466 g/mol. The van der Waals surface area contributed by atoms with Crippen LogP contribution in [0.25, 0.3) is 0 Å². The zero-order valence-corrected chi connectivity index (χ0v) is 19.4. The summed E-state index contributed by atoms with van der Waals surface area (Å²) in [6.45, 7) is 0.168. The molecule has 5 nitrogen and oxygen atoms in total. The lowest BCUT2D eigenvalue weighted by molar-refractivity contribution is -0.135. The zero-order valence-electron chi connectivity index (χ0n) is 17.8. The molecule has 0 unspecified atom stereocenters. The van der Waals surface area contributed by atoms with Crippen LogP contribution in [0.2, 0.25) is 5.02 Å². The van der Waals surface area contributed by atoms with Gasteiger partial charge in [0.1, 0.15) is 5.75 Å². The predicted octanol–water partition coefficient (Wildman–Crippen LogP) is 5.13. The first-order valence-electron chi connectivity index (χ1n) is 10.2. The van der Waals surface area contributed by atoms with Gasteiger partial charge in [0.2, 0.25) is 0 Å². The lowest BCUT2D eigenvalue weighted by Crippen LogP contribution is -2.50. The van der Waals surface area contributed by atoms with Crippen molar-refractivity contribution in [3.63, 3.8) is 0 Å². The second-order valence-electron chi connectivity index (χ2n) is 7.66. The molecule has 1 heterocycles. The maximum absolute atomic E-state index is 13.4. The molecular formula is C25H23ClN2O3S. The second-order valence-corrected chi connectivity index (χ2v) is 9.15. The van der Waals surface area contributed by atoms with E-state index in [9.17, 15) is 9.59 Å². The first kappa shape index (κ1) is 22.2. The third kappa shape index (κ3) is 4.92. The van der Waals surface area contributed by atoms with Crippen molar-refractivity contribution in [1.82, 2.24) is 4.90 Å². The number of hydrogen-bond donors (Lipinski definition) is 0. The first-order chi connectivity index (χ1) is 15.4. The van der Waals surface area contributed by atoms with Gasteiger partial charge in [-0.25, -0.2) is 0 Å². The van der Waals surface area contributed by atoms with Gasteiger partial charge in [0.15, 0.2) is 6.10 Å². The van der Waals surface area contributed by atoms with Gasteiger partial charge in [0.05, 0.1) is 12.2 Å². The first-order valence-corrected chi connectivity index (χ1v) is 11.5. The number of benzene rings is 3. The lowest BCUT2D eigenvalue weighted by atomic mass is 10.1. The largest absolute Gasteiger partial charge is 0.476 e. The highest BCUT2D eigenvalue weighted by Crippen LogP contribution is 2.34. The highest BCUT2D eigenvalue weighted by Gasteiger charge is 2.34. The summed E-state index contributed by atoms with van der Waals surface area (Å²) < 4.78 is 5.88. The fourth-order valence-corrected chi connectivity index (χ4v) is 4.42. The Morgan fingerprint density at radius 2 is 1.72 bits per heavy atom. The number of para-hydroxylation sites is 2. The molecule has 3 aromatic rings. The molecule has 1 aliphatic heterocycles. The molecule has 4 rings (SSSR count). The van der Waals surface area contributed by atoms with Crippen LogP contribution < -0.4 is 9.64 Å². The summed E-state index contributed by atoms with van der Waals surface area (Å²) >= 11 is 7.65. The van der Waals surface area contributed by atoms with Gasteiger partial charge in [-0.05, 0) is 54.1 Å². The molecule has 3 aromatic carbocycles. The average Bonchev–Trinajstić information content (AvgIpc) is 2.82. The summed E-state index contributed by atoms with van der Waals surface area (Å²) in [4.78, 5) is 30.1. The van der Waals surface area contributed by atoms with E-state index in [4.69, 9.17) is 16.3 Å². The molecule has 0 aromatic heterocycles. The summed E-state index contributed by atoms with van der Waals surface area (Å²) in [5, 5.41) is 0.719. The Balaban J connectivity index is 1.50. The Morgan fingerprint density at radius 1 is 1.03 bits per heavy atom. The van der Waals surface area contributed by atoms with Gasteiger partial charge in [0, 0.05) is 35.3 Å². The molecule has 1 atom stereocenters. The van der Waals surface area contributed by atoms with Crippen LogP contribution in [0.5, 0.6) is 5.75 Å². The van der Waals surface area contributed by atoms with E-state index in [-0.39, 0.29) is 18.4 Å². The summed E-state index contributed by atoms with van der Waals surface area (Å²) in [6, 6.07) is 22.6. The zero-order chi connectivity index (χ0) is 22.7. The van der Waals surface area contributed by atoms with Gasteiger partial charge >= 0.3 is 0 Å². The van der Waals surface area contributed by atoms with E-state index in [1.165, 1.54) is 4.90 Å². The van der Waals surface area contributed by atoms with Crippen molar-refractivity contribution in [2.45, 2.75) is 16.8 Å². The Morgan fingerprint density at radius 3 is 2.41 bits per heavy atom. The molecule has 0 bridgehead atoms. The number of likely N-dealkylation sites (N-methyl/N-ethyl adjacent to an activating group) is 1. The fraction of sp³-hybridized carbons (Fsp3) is 0.200. The Labute approximate surface area is 196 Å². The molecule has 0 spiro atoms. The van der Waals surface area contributed by atoms with Crippen LogP contribution in [0, 0.1) is 0 Å². The van der Waals surface area contributed by atoms with E-state index in [0.29, 0.717) is 17.0 Å². The highest BCUT2D eigenvalue weighted by molar-refractivity contribution is 7.98. The van der Waals surface area contributed by atoms with Crippen molar-refractivity contribution in [3.8, 4) is 5.75 Å². The molecule has 0 N–H and O–H groups in total. The number of anilines is 1. The SMILES string of the molecule is CN(C)C(=O)[C@H]1CN(C(=O)c2ccc(CSc3ccc(Cl)cc3)cc2)c2ccccc2O1. The quantitative estimate of drug-likeness (QED) is 0.489. The number of fused-ring (bicyclic) bond motifs is 1. The molecule has 32 heavy (non-hydrogen) atoms. The molecule has 0 aliphatic carbocycles. The minimum Gasteiger partial charge on any atom is -0.476 e. The van der Waals surface area contributed by atoms with E-state index in [2.05, 4.69) is 0 Å².